The fourth-order valence-electron chi connectivity index (χ4n) is 1.23. The van der Waals surface area contributed by atoms with Gasteiger partial charge < -0.3 is 10.2 Å². The molecule has 0 fully saturated rings. The molecule has 0 saturated carbocycles. The second-order valence-corrected chi connectivity index (χ2v) is 3.21. The Labute approximate surface area is 75.0 Å². The van der Waals surface area contributed by atoms with Gasteiger partial charge in [-0.25, -0.2) is 0 Å². The number of aliphatic hydroxyl groups excluding tert-OH is 2. The van der Waals surface area contributed by atoms with E-state index in [1.807, 2.05) is 0 Å². The third-order valence-electron chi connectivity index (χ3n) is 1.98. The van der Waals surface area contributed by atoms with Gasteiger partial charge in [-0.15, -0.1) is 0 Å². The molecule has 3 nitrogen and oxygen atoms in total. The van der Waals surface area contributed by atoms with Crippen molar-refractivity contribution in [3.8, 4) is 0 Å². The predicted molar refractivity (Wildman–Crippen MR) is 49.6 cm³/mol. The Bertz CT molecular complexity index is 96.7. The van der Waals surface area contributed by atoms with Crippen molar-refractivity contribution in [3.63, 3.8) is 0 Å². The van der Waals surface area contributed by atoms with Gasteiger partial charge in [0.25, 0.3) is 0 Å². The molecule has 12 heavy (non-hydrogen) atoms. The van der Waals surface area contributed by atoms with Gasteiger partial charge in [-0.05, 0) is 20.3 Å². The maximum atomic E-state index is 9.25. The van der Waals surface area contributed by atoms with E-state index in [2.05, 4.69) is 6.92 Å². The van der Waals surface area contributed by atoms with Crippen LogP contribution in [0.4, 0.5) is 0 Å². The number of unbranched alkanes of at least 4 members (excludes halogenated alkanes) is 2. The second-order valence-electron chi connectivity index (χ2n) is 3.21. The van der Waals surface area contributed by atoms with Crippen LogP contribution in [0.5, 0.6) is 0 Å². The molecule has 2 unspecified atom stereocenters. The summed E-state index contributed by atoms with van der Waals surface area (Å²) in [6, 6.07) is 0. The van der Waals surface area contributed by atoms with Crippen LogP contribution in [0.2, 0.25) is 0 Å². The topological polar surface area (TPSA) is 43.7 Å². The molecule has 0 amide bonds. The van der Waals surface area contributed by atoms with Crippen molar-refractivity contribution in [2.45, 2.75) is 52.5 Å². The van der Waals surface area contributed by atoms with Crippen molar-refractivity contribution in [2.24, 2.45) is 0 Å². The third kappa shape index (κ3) is 4.70. The molecule has 0 aliphatic rings. The van der Waals surface area contributed by atoms with Crippen molar-refractivity contribution in [1.29, 1.82) is 0 Å². The van der Waals surface area contributed by atoms with E-state index >= 15 is 0 Å². The molecule has 0 aromatic carbocycles. The summed E-state index contributed by atoms with van der Waals surface area (Å²) in [6.45, 7) is 6.26. The number of aliphatic hydroxyl groups is 2. The van der Waals surface area contributed by atoms with E-state index in [1.165, 1.54) is 0 Å². The first kappa shape index (κ1) is 11.9. The van der Waals surface area contributed by atoms with Crippen LogP contribution in [0.1, 0.15) is 40.0 Å². The minimum absolute atomic E-state index is 0.554. The summed E-state index contributed by atoms with van der Waals surface area (Å²) in [4.78, 5) is 1.68. The van der Waals surface area contributed by atoms with Gasteiger partial charge in [-0.2, -0.15) is 0 Å². The highest BCUT2D eigenvalue weighted by Gasteiger charge is 2.14. The lowest BCUT2D eigenvalue weighted by molar-refractivity contribution is -0.0844. The van der Waals surface area contributed by atoms with Crippen molar-refractivity contribution in [3.05, 3.63) is 0 Å². The Hall–Kier alpha value is -0.120. The first-order valence-electron chi connectivity index (χ1n) is 4.71. The Balaban J connectivity index is 3.64. The summed E-state index contributed by atoms with van der Waals surface area (Å²) in [5.74, 6) is 0. The summed E-state index contributed by atoms with van der Waals surface area (Å²) < 4.78 is 0. The van der Waals surface area contributed by atoms with E-state index in [-0.39, 0.29) is 0 Å². The van der Waals surface area contributed by atoms with E-state index in [1.54, 1.807) is 18.7 Å². The van der Waals surface area contributed by atoms with Gasteiger partial charge in [-0.1, -0.05) is 19.8 Å². The van der Waals surface area contributed by atoms with Crippen LogP contribution in [0.3, 0.4) is 0 Å². The van der Waals surface area contributed by atoms with Gasteiger partial charge in [0.2, 0.25) is 0 Å². The quantitative estimate of drug-likeness (QED) is 0.470. The fourth-order valence-corrected chi connectivity index (χ4v) is 1.23. The zero-order chi connectivity index (χ0) is 9.56. The van der Waals surface area contributed by atoms with Crippen LogP contribution in [0, 0.1) is 0 Å². The Morgan fingerprint density at radius 3 is 1.92 bits per heavy atom. The van der Waals surface area contributed by atoms with E-state index in [4.69, 9.17) is 0 Å². The Kier molecular flexibility index (Phi) is 6.34. The highest BCUT2D eigenvalue weighted by molar-refractivity contribution is 4.58. The van der Waals surface area contributed by atoms with Gasteiger partial charge in [-0.3, -0.25) is 4.90 Å². The zero-order valence-electron chi connectivity index (χ0n) is 8.32. The minimum atomic E-state index is -0.554. The summed E-state index contributed by atoms with van der Waals surface area (Å²) in [6.07, 6.45) is 2.24. The fraction of sp³-hybridized carbons (Fsp3) is 1.00. The van der Waals surface area contributed by atoms with Crippen LogP contribution in [-0.4, -0.2) is 34.1 Å². The van der Waals surface area contributed by atoms with Crippen LogP contribution >= 0.6 is 0 Å². The molecule has 3 heteroatoms. The summed E-state index contributed by atoms with van der Waals surface area (Å²) in [5.41, 5.74) is 0. The number of hydrogen-bond acceptors (Lipinski definition) is 3. The molecule has 0 rings (SSSR count). The van der Waals surface area contributed by atoms with Crippen molar-refractivity contribution >= 4 is 0 Å². The summed E-state index contributed by atoms with van der Waals surface area (Å²) in [5, 5.41) is 18.5. The first-order chi connectivity index (χ1) is 5.59. The molecule has 0 spiro atoms. The second kappa shape index (κ2) is 6.40. The van der Waals surface area contributed by atoms with Gasteiger partial charge in [0, 0.05) is 6.54 Å². The first-order valence-corrected chi connectivity index (χ1v) is 4.71. The summed E-state index contributed by atoms with van der Waals surface area (Å²) in [7, 11) is 0. The van der Waals surface area contributed by atoms with Crippen molar-refractivity contribution < 1.29 is 10.2 Å². The molecule has 0 saturated heterocycles. The lowest BCUT2D eigenvalue weighted by Gasteiger charge is -2.27. The van der Waals surface area contributed by atoms with Crippen LogP contribution in [0.15, 0.2) is 0 Å². The lowest BCUT2D eigenvalue weighted by Crippen LogP contribution is -2.40. The molecule has 2 atom stereocenters. The maximum absolute atomic E-state index is 9.25. The standard InChI is InChI=1S/C9H21NO2/c1-4-5-6-7-10(8(2)11)9(3)12/h8-9,11-12H,4-7H2,1-3H3. The van der Waals surface area contributed by atoms with Crippen LogP contribution in [0.25, 0.3) is 0 Å². The van der Waals surface area contributed by atoms with Gasteiger partial charge in [0.15, 0.2) is 0 Å². The van der Waals surface area contributed by atoms with Crippen molar-refractivity contribution in [2.75, 3.05) is 6.54 Å². The highest BCUT2D eigenvalue weighted by atomic mass is 16.3. The molecule has 2 N–H and O–H groups in total. The predicted octanol–water partition coefficient (Wildman–Crippen LogP) is 1.16. The third-order valence-corrected chi connectivity index (χ3v) is 1.98. The molecule has 0 aliphatic carbocycles. The lowest BCUT2D eigenvalue weighted by atomic mass is 10.2. The Morgan fingerprint density at radius 1 is 1.08 bits per heavy atom. The molecule has 74 valence electrons. The molecule has 0 aromatic heterocycles. The van der Waals surface area contributed by atoms with E-state index < -0.39 is 12.5 Å². The van der Waals surface area contributed by atoms with Crippen LogP contribution in [-0.2, 0) is 0 Å². The monoisotopic (exact) mass is 175 g/mol. The van der Waals surface area contributed by atoms with E-state index in [0.717, 1.165) is 25.8 Å². The number of nitrogens with zero attached hydrogens (tertiary/aromatic N) is 1. The molecule has 0 aliphatic heterocycles. The van der Waals surface area contributed by atoms with E-state index in [0.29, 0.717) is 0 Å². The van der Waals surface area contributed by atoms with Crippen molar-refractivity contribution in [1.82, 2.24) is 4.90 Å². The SMILES string of the molecule is CCCCCN(C(C)O)C(C)O. The van der Waals surface area contributed by atoms with Gasteiger partial charge in [0.1, 0.15) is 12.5 Å². The molecule has 0 aromatic rings. The normalized spacial score (nSPS) is 16.5. The molecule has 0 bridgehead atoms. The zero-order valence-corrected chi connectivity index (χ0v) is 8.32. The number of rotatable bonds is 6. The number of hydrogen-bond donors (Lipinski definition) is 2. The Morgan fingerprint density at radius 2 is 1.58 bits per heavy atom. The minimum Gasteiger partial charge on any atom is -0.379 e. The average Bonchev–Trinajstić information content (AvgIpc) is 1.96. The summed E-state index contributed by atoms with van der Waals surface area (Å²) >= 11 is 0. The molecule has 0 heterocycles. The maximum Gasteiger partial charge on any atom is 0.106 e. The average molecular weight is 175 g/mol. The molecular formula is C9H21NO2. The molecular weight excluding hydrogens is 154 g/mol. The smallest absolute Gasteiger partial charge is 0.106 e. The van der Waals surface area contributed by atoms with Gasteiger partial charge in [0.05, 0.1) is 0 Å². The van der Waals surface area contributed by atoms with E-state index in [9.17, 15) is 10.2 Å². The van der Waals surface area contributed by atoms with Gasteiger partial charge >= 0.3 is 0 Å². The highest BCUT2D eigenvalue weighted by Crippen LogP contribution is 2.04. The van der Waals surface area contributed by atoms with Crippen LogP contribution < -0.4 is 0 Å². The molecule has 0 radical (unpaired) electrons. The largest absolute Gasteiger partial charge is 0.379 e.